The van der Waals surface area contributed by atoms with E-state index in [2.05, 4.69) is 4.98 Å². The molecule has 18 heavy (non-hydrogen) atoms. The van der Waals surface area contributed by atoms with Crippen molar-refractivity contribution in [2.45, 2.75) is 26.3 Å². The first-order valence-electron chi connectivity index (χ1n) is 6.02. The van der Waals surface area contributed by atoms with Crippen molar-refractivity contribution in [1.82, 2.24) is 14.5 Å². The van der Waals surface area contributed by atoms with Crippen LogP contribution in [0.5, 0.6) is 6.01 Å². The van der Waals surface area contributed by atoms with Crippen LogP contribution in [0.4, 0.5) is 0 Å². The molecule has 6 nitrogen and oxygen atoms in total. The third-order valence-electron chi connectivity index (χ3n) is 3.04. The second kappa shape index (κ2) is 5.20. The van der Waals surface area contributed by atoms with Crippen LogP contribution in [0.2, 0.25) is 0 Å². The average molecular weight is 251 g/mol. The molecule has 0 unspecified atom stereocenters. The zero-order valence-corrected chi connectivity index (χ0v) is 10.7. The molecule has 1 saturated heterocycles. The highest BCUT2D eigenvalue weighted by Gasteiger charge is 2.20. The minimum atomic E-state index is -0.258. The van der Waals surface area contributed by atoms with E-state index in [9.17, 15) is 9.59 Å². The first-order chi connectivity index (χ1) is 8.61. The summed E-state index contributed by atoms with van der Waals surface area (Å²) < 4.78 is 6.32. The molecular weight excluding hydrogens is 234 g/mol. The maximum Gasteiger partial charge on any atom is 0.299 e. The van der Waals surface area contributed by atoms with E-state index in [0.717, 1.165) is 25.9 Å². The summed E-state index contributed by atoms with van der Waals surface area (Å²) in [6, 6.07) is 1.59. The monoisotopic (exact) mass is 251 g/mol. The predicted octanol–water partition coefficient (Wildman–Crippen LogP) is 0.183. The molecule has 0 saturated carbocycles. The van der Waals surface area contributed by atoms with Gasteiger partial charge in [0.25, 0.3) is 11.6 Å². The van der Waals surface area contributed by atoms with Crippen LogP contribution in [0.3, 0.4) is 0 Å². The summed E-state index contributed by atoms with van der Waals surface area (Å²) >= 11 is 0. The van der Waals surface area contributed by atoms with Gasteiger partial charge in [0.15, 0.2) is 0 Å². The van der Waals surface area contributed by atoms with Crippen molar-refractivity contribution in [3.63, 3.8) is 0 Å². The van der Waals surface area contributed by atoms with Crippen LogP contribution in [-0.2, 0) is 11.3 Å². The number of aryl methyl sites for hydroxylation is 1. The van der Waals surface area contributed by atoms with Crippen LogP contribution in [0.25, 0.3) is 0 Å². The van der Waals surface area contributed by atoms with Crippen LogP contribution >= 0.6 is 0 Å². The molecule has 2 rings (SSSR count). The summed E-state index contributed by atoms with van der Waals surface area (Å²) in [6.07, 6.45) is 2.06. The van der Waals surface area contributed by atoms with Crippen molar-refractivity contribution >= 4 is 5.91 Å². The summed E-state index contributed by atoms with van der Waals surface area (Å²) in [6.45, 7) is 3.26. The molecule has 0 aromatic carbocycles. The summed E-state index contributed by atoms with van der Waals surface area (Å²) in [4.78, 5) is 29.7. The smallest absolute Gasteiger partial charge is 0.299 e. The molecule has 98 valence electrons. The molecule has 0 atom stereocenters. The van der Waals surface area contributed by atoms with Gasteiger partial charge >= 0.3 is 0 Å². The second-order valence-corrected chi connectivity index (χ2v) is 4.40. The molecule has 1 aliphatic heterocycles. The SMILES string of the molecule is COc1nc(C)cc(=O)n1CC(=O)N1CCCC1. The Hall–Kier alpha value is -1.85. The van der Waals surface area contributed by atoms with E-state index < -0.39 is 0 Å². The molecule has 2 heterocycles. The minimum Gasteiger partial charge on any atom is -0.468 e. The van der Waals surface area contributed by atoms with E-state index in [1.165, 1.54) is 17.7 Å². The Morgan fingerprint density at radius 1 is 1.44 bits per heavy atom. The zero-order valence-electron chi connectivity index (χ0n) is 10.7. The standard InChI is InChI=1S/C12H17N3O3/c1-9-7-10(16)15(12(13-9)18-2)8-11(17)14-5-3-4-6-14/h7H,3-6,8H2,1-2H3. The van der Waals surface area contributed by atoms with E-state index in [1.54, 1.807) is 11.8 Å². The van der Waals surface area contributed by atoms with Crippen molar-refractivity contribution in [2.24, 2.45) is 0 Å². The Labute approximate surface area is 105 Å². The molecule has 1 aromatic heterocycles. The minimum absolute atomic E-state index is 0.00468. The Morgan fingerprint density at radius 2 is 2.11 bits per heavy atom. The van der Waals surface area contributed by atoms with Gasteiger partial charge in [0.1, 0.15) is 6.54 Å². The van der Waals surface area contributed by atoms with Crippen molar-refractivity contribution < 1.29 is 9.53 Å². The number of ether oxygens (including phenoxy) is 1. The molecule has 0 bridgehead atoms. The number of hydrogen-bond acceptors (Lipinski definition) is 4. The van der Waals surface area contributed by atoms with E-state index in [-0.39, 0.29) is 24.0 Å². The number of rotatable bonds is 3. The van der Waals surface area contributed by atoms with Crippen molar-refractivity contribution in [3.05, 3.63) is 22.1 Å². The number of nitrogens with zero attached hydrogens (tertiary/aromatic N) is 3. The fraction of sp³-hybridized carbons (Fsp3) is 0.583. The van der Waals surface area contributed by atoms with Crippen LogP contribution < -0.4 is 10.3 Å². The quantitative estimate of drug-likeness (QED) is 0.769. The number of hydrogen-bond donors (Lipinski definition) is 0. The van der Waals surface area contributed by atoms with Gasteiger partial charge in [0.05, 0.1) is 7.11 Å². The number of likely N-dealkylation sites (tertiary alicyclic amines) is 1. The second-order valence-electron chi connectivity index (χ2n) is 4.40. The molecule has 1 amide bonds. The number of aromatic nitrogens is 2. The average Bonchev–Trinajstić information content (AvgIpc) is 2.85. The normalized spacial score (nSPS) is 14.9. The lowest BCUT2D eigenvalue weighted by molar-refractivity contribution is -0.130. The molecule has 1 fully saturated rings. The van der Waals surface area contributed by atoms with Gasteiger partial charge in [-0.25, -0.2) is 4.98 Å². The van der Waals surface area contributed by atoms with Crippen LogP contribution in [0.1, 0.15) is 18.5 Å². The van der Waals surface area contributed by atoms with Gasteiger partial charge in [-0.05, 0) is 19.8 Å². The Balaban J connectivity index is 2.22. The molecule has 0 N–H and O–H groups in total. The highest BCUT2D eigenvalue weighted by Crippen LogP contribution is 2.10. The fourth-order valence-electron chi connectivity index (χ4n) is 2.10. The van der Waals surface area contributed by atoms with Gasteiger partial charge in [-0.1, -0.05) is 0 Å². The van der Waals surface area contributed by atoms with Crippen molar-refractivity contribution in [1.29, 1.82) is 0 Å². The van der Waals surface area contributed by atoms with E-state index in [1.807, 2.05) is 0 Å². The van der Waals surface area contributed by atoms with Crippen molar-refractivity contribution in [3.8, 4) is 6.01 Å². The zero-order chi connectivity index (χ0) is 13.1. The number of methoxy groups -OCH3 is 1. The van der Waals surface area contributed by atoms with Gasteiger partial charge in [-0.2, -0.15) is 0 Å². The number of carbonyl (C=O) groups is 1. The Kier molecular flexibility index (Phi) is 3.64. The molecule has 1 aliphatic rings. The molecule has 6 heteroatoms. The highest BCUT2D eigenvalue weighted by molar-refractivity contribution is 5.76. The first-order valence-corrected chi connectivity index (χ1v) is 6.02. The third-order valence-corrected chi connectivity index (χ3v) is 3.04. The van der Waals surface area contributed by atoms with E-state index in [4.69, 9.17) is 4.74 Å². The van der Waals surface area contributed by atoms with Gasteiger partial charge in [-0.3, -0.25) is 14.2 Å². The Bertz CT molecular complexity index is 504. The summed E-state index contributed by atoms with van der Waals surface area (Å²) in [5.74, 6) is -0.0569. The van der Waals surface area contributed by atoms with E-state index in [0.29, 0.717) is 5.69 Å². The maximum atomic E-state index is 12.0. The van der Waals surface area contributed by atoms with E-state index >= 15 is 0 Å². The van der Waals surface area contributed by atoms with Crippen LogP contribution in [0.15, 0.2) is 10.9 Å². The van der Waals surface area contributed by atoms with Crippen molar-refractivity contribution in [2.75, 3.05) is 20.2 Å². The topological polar surface area (TPSA) is 64.4 Å². The predicted molar refractivity (Wildman–Crippen MR) is 65.6 cm³/mol. The third kappa shape index (κ3) is 2.52. The summed E-state index contributed by atoms with van der Waals surface area (Å²) in [5.41, 5.74) is 0.327. The van der Waals surface area contributed by atoms with Gasteiger partial charge < -0.3 is 9.64 Å². The first kappa shape index (κ1) is 12.6. The van der Waals surface area contributed by atoms with Crippen LogP contribution in [0, 0.1) is 6.92 Å². The number of amides is 1. The largest absolute Gasteiger partial charge is 0.468 e. The maximum absolute atomic E-state index is 12.0. The Morgan fingerprint density at radius 3 is 2.72 bits per heavy atom. The lowest BCUT2D eigenvalue weighted by atomic mass is 10.4. The highest BCUT2D eigenvalue weighted by atomic mass is 16.5. The van der Waals surface area contributed by atoms with Gasteiger partial charge in [-0.15, -0.1) is 0 Å². The van der Waals surface area contributed by atoms with Gasteiger partial charge in [0, 0.05) is 24.8 Å². The summed E-state index contributed by atoms with van der Waals surface area (Å²) in [7, 11) is 1.44. The molecule has 1 aromatic rings. The van der Waals surface area contributed by atoms with Crippen LogP contribution in [-0.4, -0.2) is 40.6 Å². The summed E-state index contributed by atoms with van der Waals surface area (Å²) in [5, 5.41) is 0. The molecular formula is C12H17N3O3. The lowest BCUT2D eigenvalue weighted by Gasteiger charge is -2.17. The molecule has 0 spiro atoms. The molecule has 0 aliphatic carbocycles. The number of carbonyl (C=O) groups excluding carboxylic acids is 1. The lowest BCUT2D eigenvalue weighted by Crippen LogP contribution is -2.35. The van der Waals surface area contributed by atoms with Gasteiger partial charge in [0.2, 0.25) is 5.91 Å². The molecule has 0 radical (unpaired) electrons. The fourth-order valence-corrected chi connectivity index (χ4v) is 2.10.